The van der Waals surface area contributed by atoms with Gasteiger partial charge >= 0.3 is 6.18 Å². The maximum atomic E-state index is 12.7. The molecule has 19 heavy (non-hydrogen) atoms. The Morgan fingerprint density at radius 2 is 2.05 bits per heavy atom. The molecule has 4 nitrogen and oxygen atoms in total. The van der Waals surface area contributed by atoms with Gasteiger partial charge in [-0.15, -0.1) is 0 Å². The summed E-state index contributed by atoms with van der Waals surface area (Å²) in [5.41, 5.74) is 4.31. The lowest BCUT2D eigenvalue weighted by Gasteiger charge is -2.06. The fourth-order valence-corrected chi connectivity index (χ4v) is 1.79. The number of aryl methyl sites for hydroxylation is 1. The van der Waals surface area contributed by atoms with E-state index >= 15 is 0 Å². The summed E-state index contributed by atoms with van der Waals surface area (Å²) in [6.07, 6.45) is -4.71. The van der Waals surface area contributed by atoms with Crippen LogP contribution in [0.1, 0.15) is 21.6 Å². The molecular weight excluding hydrogens is 259 g/mol. The van der Waals surface area contributed by atoms with Gasteiger partial charge in [0.2, 0.25) is 0 Å². The van der Waals surface area contributed by atoms with Gasteiger partial charge in [0.25, 0.3) is 5.91 Å². The van der Waals surface area contributed by atoms with Crippen LogP contribution >= 0.6 is 0 Å². The summed E-state index contributed by atoms with van der Waals surface area (Å²) in [7, 11) is 0. The minimum Gasteiger partial charge on any atom is -0.365 e. The van der Waals surface area contributed by atoms with Crippen molar-refractivity contribution in [3.05, 3.63) is 41.1 Å². The summed E-state index contributed by atoms with van der Waals surface area (Å²) >= 11 is 0. The number of carbonyl (C=O) groups is 1. The number of benzene rings is 1. The molecule has 0 radical (unpaired) electrons. The number of amides is 1. The zero-order valence-corrected chi connectivity index (χ0v) is 9.88. The Morgan fingerprint density at radius 1 is 1.37 bits per heavy atom. The van der Waals surface area contributed by atoms with Crippen LogP contribution in [0, 0.1) is 6.92 Å². The molecule has 0 aliphatic rings. The summed E-state index contributed by atoms with van der Waals surface area (Å²) in [6, 6.07) is 6.64. The van der Waals surface area contributed by atoms with Gasteiger partial charge in [0.1, 0.15) is 5.69 Å². The Bertz CT molecular complexity index is 631. The second kappa shape index (κ2) is 4.42. The summed E-state index contributed by atoms with van der Waals surface area (Å²) in [5.74, 6) is -1.17. The molecule has 1 amide bonds. The Morgan fingerprint density at radius 3 is 2.58 bits per heavy atom. The Balaban J connectivity index is 2.66. The van der Waals surface area contributed by atoms with Crippen molar-refractivity contribution in [3.63, 3.8) is 0 Å². The topological polar surface area (TPSA) is 71.8 Å². The van der Waals surface area contributed by atoms with Crippen molar-refractivity contribution >= 4 is 5.91 Å². The first-order valence-electron chi connectivity index (χ1n) is 5.33. The molecule has 1 aromatic carbocycles. The molecule has 0 aliphatic carbocycles. The quantitative estimate of drug-likeness (QED) is 0.879. The number of nitrogens with zero attached hydrogens (tertiary/aromatic N) is 1. The molecule has 0 spiro atoms. The van der Waals surface area contributed by atoms with E-state index < -0.39 is 23.3 Å². The van der Waals surface area contributed by atoms with Crippen molar-refractivity contribution in [3.8, 4) is 11.3 Å². The molecule has 2 aromatic rings. The van der Waals surface area contributed by atoms with E-state index in [-0.39, 0.29) is 5.69 Å². The molecule has 0 atom stereocenters. The minimum atomic E-state index is -4.71. The Hall–Kier alpha value is -2.31. The number of nitrogens with two attached hydrogens (primary N) is 1. The van der Waals surface area contributed by atoms with E-state index in [9.17, 15) is 18.0 Å². The first kappa shape index (κ1) is 13.1. The summed E-state index contributed by atoms with van der Waals surface area (Å²) in [5, 5.41) is 5.41. The van der Waals surface area contributed by atoms with E-state index in [0.29, 0.717) is 5.56 Å². The molecule has 1 heterocycles. The number of aromatic nitrogens is 2. The van der Waals surface area contributed by atoms with Gasteiger partial charge in [0, 0.05) is 5.56 Å². The van der Waals surface area contributed by atoms with E-state index in [0.717, 1.165) is 5.56 Å². The van der Waals surface area contributed by atoms with Crippen molar-refractivity contribution in [1.82, 2.24) is 10.2 Å². The van der Waals surface area contributed by atoms with Gasteiger partial charge in [-0.2, -0.15) is 18.3 Å². The second-order valence-electron chi connectivity index (χ2n) is 4.05. The lowest BCUT2D eigenvalue weighted by molar-refractivity contribution is -0.141. The molecule has 2 rings (SSSR count). The van der Waals surface area contributed by atoms with Gasteiger partial charge in [-0.3, -0.25) is 9.89 Å². The summed E-state index contributed by atoms with van der Waals surface area (Å²) in [4.78, 5) is 11.3. The lowest BCUT2D eigenvalue weighted by Crippen LogP contribution is -2.18. The monoisotopic (exact) mass is 269 g/mol. The van der Waals surface area contributed by atoms with Crippen LogP contribution in [0.25, 0.3) is 11.3 Å². The first-order chi connectivity index (χ1) is 8.80. The number of primary amides is 1. The SMILES string of the molecule is Cc1cccc(-c2n[nH]c(C(F)(F)F)c2C(N)=O)c1. The predicted octanol–water partition coefficient (Wildman–Crippen LogP) is 2.50. The number of hydrogen-bond donors (Lipinski definition) is 2. The maximum absolute atomic E-state index is 12.7. The van der Waals surface area contributed by atoms with Gasteiger partial charge in [0.15, 0.2) is 5.69 Å². The van der Waals surface area contributed by atoms with Crippen molar-refractivity contribution in [2.45, 2.75) is 13.1 Å². The van der Waals surface area contributed by atoms with E-state index in [1.54, 1.807) is 31.2 Å². The molecule has 7 heteroatoms. The average Bonchev–Trinajstić information content (AvgIpc) is 2.72. The highest BCUT2D eigenvalue weighted by Crippen LogP contribution is 2.34. The third kappa shape index (κ3) is 2.44. The van der Waals surface area contributed by atoms with Gasteiger partial charge in [-0.1, -0.05) is 23.8 Å². The number of halogens is 3. The van der Waals surface area contributed by atoms with Crippen molar-refractivity contribution in [2.75, 3.05) is 0 Å². The van der Waals surface area contributed by atoms with Gasteiger partial charge < -0.3 is 5.73 Å². The molecule has 0 saturated heterocycles. The van der Waals surface area contributed by atoms with Crippen LogP contribution in [-0.2, 0) is 6.18 Å². The fourth-order valence-electron chi connectivity index (χ4n) is 1.79. The maximum Gasteiger partial charge on any atom is 0.433 e. The zero-order chi connectivity index (χ0) is 14.2. The smallest absolute Gasteiger partial charge is 0.365 e. The molecular formula is C12H10F3N3O. The molecule has 0 aliphatic heterocycles. The molecule has 0 bridgehead atoms. The Kier molecular flexibility index (Phi) is 3.05. The normalized spacial score (nSPS) is 11.6. The van der Waals surface area contributed by atoms with Crippen LogP contribution in [-0.4, -0.2) is 16.1 Å². The zero-order valence-electron chi connectivity index (χ0n) is 9.88. The predicted molar refractivity (Wildman–Crippen MR) is 62.3 cm³/mol. The number of nitrogens with one attached hydrogen (secondary N) is 1. The van der Waals surface area contributed by atoms with Crippen LogP contribution in [0.2, 0.25) is 0 Å². The molecule has 3 N–H and O–H groups in total. The van der Waals surface area contributed by atoms with E-state index in [1.165, 1.54) is 0 Å². The number of carbonyl (C=O) groups excluding carboxylic acids is 1. The van der Waals surface area contributed by atoms with E-state index in [2.05, 4.69) is 5.10 Å². The van der Waals surface area contributed by atoms with Gasteiger partial charge in [-0.05, 0) is 13.0 Å². The van der Waals surface area contributed by atoms with Crippen LogP contribution in [0.3, 0.4) is 0 Å². The van der Waals surface area contributed by atoms with E-state index in [1.807, 2.05) is 5.10 Å². The van der Waals surface area contributed by atoms with Crippen LogP contribution < -0.4 is 5.73 Å². The highest BCUT2D eigenvalue weighted by atomic mass is 19.4. The van der Waals surface area contributed by atoms with Crippen LogP contribution in [0.4, 0.5) is 13.2 Å². The highest BCUT2D eigenvalue weighted by Gasteiger charge is 2.39. The van der Waals surface area contributed by atoms with Gasteiger partial charge in [0.05, 0.1) is 5.56 Å². The highest BCUT2D eigenvalue weighted by molar-refractivity contribution is 6.00. The van der Waals surface area contributed by atoms with Crippen LogP contribution in [0.15, 0.2) is 24.3 Å². The lowest BCUT2D eigenvalue weighted by atomic mass is 10.0. The van der Waals surface area contributed by atoms with Gasteiger partial charge in [-0.25, -0.2) is 0 Å². The summed E-state index contributed by atoms with van der Waals surface area (Å²) < 4.78 is 38.2. The van der Waals surface area contributed by atoms with E-state index in [4.69, 9.17) is 5.73 Å². The number of hydrogen-bond acceptors (Lipinski definition) is 2. The second-order valence-corrected chi connectivity index (χ2v) is 4.05. The third-order valence-corrected chi connectivity index (χ3v) is 2.59. The average molecular weight is 269 g/mol. The number of rotatable bonds is 2. The molecule has 1 aromatic heterocycles. The van der Waals surface area contributed by atoms with Crippen molar-refractivity contribution in [2.24, 2.45) is 5.73 Å². The number of aromatic amines is 1. The largest absolute Gasteiger partial charge is 0.433 e. The van der Waals surface area contributed by atoms with Crippen molar-refractivity contribution < 1.29 is 18.0 Å². The summed E-state index contributed by atoms with van der Waals surface area (Å²) in [6.45, 7) is 1.78. The molecule has 100 valence electrons. The fraction of sp³-hybridized carbons (Fsp3) is 0.167. The molecule has 0 unspecified atom stereocenters. The van der Waals surface area contributed by atoms with Crippen molar-refractivity contribution in [1.29, 1.82) is 0 Å². The third-order valence-electron chi connectivity index (χ3n) is 2.59. The molecule has 0 saturated carbocycles. The number of alkyl halides is 3. The molecule has 0 fully saturated rings. The minimum absolute atomic E-state index is 0.0940. The number of H-pyrrole nitrogens is 1. The Labute approximate surface area is 106 Å². The first-order valence-corrected chi connectivity index (χ1v) is 5.33. The van der Waals surface area contributed by atoms with Crippen LogP contribution in [0.5, 0.6) is 0 Å². The standard InChI is InChI=1S/C12H10F3N3O/c1-6-3-2-4-7(5-6)9-8(11(16)19)10(18-17-9)12(13,14)15/h2-5H,1H3,(H2,16,19)(H,17,18).